The van der Waals surface area contributed by atoms with Crippen molar-refractivity contribution < 1.29 is 39.0 Å². The molecule has 0 saturated heterocycles. The zero-order chi connectivity index (χ0) is 30.5. The second kappa shape index (κ2) is 14.8. The number of hydrogen-bond donors (Lipinski definition) is 4. The first kappa shape index (κ1) is 30.4. The van der Waals surface area contributed by atoms with Gasteiger partial charge in [0.1, 0.15) is 0 Å². The summed E-state index contributed by atoms with van der Waals surface area (Å²) in [7, 11) is 0. The number of anilines is 2. The third-order valence-electron chi connectivity index (χ3n) is 5.42. The molecule has 42 heavy (non-hydrogen) atoms. The number of carboxylic acids is 2. The molecule has 4 N–H and O–H groups in total. The molecule has 0 aliphatic rings. The number of benzene rings is 3. The van der Waals surface area contributed by atoms with E-state index in [4.69, 9.17) is 10.2 Å². The van der Waals surface area contributed by atoms with Crippen LogP contribution in [0.5, 0.6) is 0 Å². The number of carbonyl (C=O) groups is 6. The van der Waals surface area contributed by atoms with Crippen LogP contribution < -0.4 is 10.6 Å². The van der Waals surface area contributed by atoms with Crippen molar-refractivity contribution in [2.24, 2.45) is 0 Å². The summed E-state index contributed by atoms with van der Waals surface area (Å²) in [6.07, 6.45) is 9.33. The Hall–Kier alpha value is -6.16. The second-order valence-electron chi connectivity index (χ2n) is 8.54. The molecule has 210 valence electrons. The molecule has 0 saturated carbocycles. The minimum absolute atomic E-state index is 0.254. The molecule has 0 fully saturated rings. The van der Waals surface area contributed by atoms with E-state index in [1.807, 2.05) is 0 Å². The summed E-state index contributed by atoms with van der Waals surface area (Å²) in [5, 5.41) is 22.1. The molecule has 0 radical (unpaired) electrons. The summed E-state index contributed by atoms with van der Waals surface area (Å²) >= 11 is 0. The van der Waals surface area contributed by atoms with Gasteiger partial charge < -0.3 is 20.8 Å². The Morgan fingerprint density at radius 3 is 1.10 bits per heavy atom. The maximum Gasteiger partial charge on any atom is 0.328 e. The Morgan fingerprint density at radius 1 is 0.452 bits per heavy atom. The molecule has 0 aromatic heterocycles. The number of hydrogen-bond acceptors (Lipinski definition) is 6. The molecule has 0 aliphatic heterocycles. The lowest BCUT2D eigenvalue weighted by Crippen LogP contribution is -2.08. The van der Waals surface area contributed by atoms with Crippen molar-refractivity contribution in [2.75, 3.05) is 10.6 Å². The Balaban J connectivity index is 1.52. The molecule has 0 spiro atoms. The molecule has 3 aromatic rings. The van der Waals surface area contributed by atoms with Crippen molar-refractivity contribution in [2.45, 2.75) is 0 Å². The van der Waals surface area contributed by atoms with Crippen LogP contribution in [0.25, 0.3) is 12.2 Å². The predicted octanol–water partition coefficient (Wildman–Crippen LogP) is 4.64. The van der Waals surface area contributed by atoms with Gasteiger partial charge in [0, 0.05) is 46.8 Å². The highest BCUT2D eigenvalue weighted by Crippen LogP contribution is 2.14. The normalized spacial score (nSPS) is 11.2. The third-order valence-corrected chi connectivity index (χ3v) is 5.42. The van der Waals surface area contributed by atoms with Crippen LogP contribution in [0.1, 0.15) is 31.8 Å². The summed E-state index contributed by atoms with van der Waals surface area (Å²) in [5.41, 5.74) is 3.13. The molecule has 0 unspecified atom stereocenters. The molecule has 0 bridgehead atoms. The number of ketones is 2. The number of carbonyl (C=O) groups excluding carboxylic acids is 4. The van der Waals surface area contributed by atoms with Crippen LogP contribution in [0.2, 0.25) is 0 Å². The molecular formula is C32H24N2O8. The summed E-state index contributed by atoms with van der Waals surface area (Å²) < 4.78 is 0. The smallest absolute Gasteiger partial charge is 0.328 e. The van der Waals surface area contributed by atoms with Crippen LogP contribution in [0.4, 0.5) is 11.4 Å². The van der Waals surface area contributed by atoms with Gasteiger partial charge in [-0.1, -0.05) is 36.4 Å². The molecule has 10 nitrogen and oxygen atoms in total. The van der Waals surface area contributed by atoms with Crippen LogP contribution in [0.15, 0.2) is 109 Å². The van der Waals surface area contributed by atoms with Crippen molar-refractivity contribution >= 4 is 58.8 Å². The van der Waals surface area contributed by atoms with E-state index in [9.17, 15) is 28.8 Å². The monoisotopic (exact) mass is 564 g/mol. The highest BCUT2D eigenvalue weighted by atomic mass is 16.4. The van der Waals surface area contributed by atoms with Gasteiger partial charge in [0.15, 0.2) is 11.6 Å². The van der Waals surface area contributed by atoms with E-state index in [1.165, 1.54) is 60.7 Å². The number of nitrogens with one attached hydrogen (secondary N) is 2. The number of rotatable bonds is 12. The summed E-state index contributed by atoms with van der Waals surface area (Å²) in [6, 6.07) is 19.4. The van der Waals surface area contributed by atoms with Crippen LogP contribution >= 0.6 is 0 Å². The maximum atomic E-state index is 12.5. The fraction of sp³-hybridized carbons (Fsp3) is 0. The maximum absolute atomic E-state index is 12.5. The van der Waals surface area contributed by atoms with E-state index < -0.39 is 23.8 Å². The highest BCUT2D eigenvalue weighted by molar-refractivity contribution is 6.08. The predicted molar refractivity (Wildman–Crippen MR) is 157 cm³/mol. The summed E-state index contributed by atoms with van der Waals surface area (Å²) in [4.78, 5) is 69.2. The van der Waals surface area contributed by atoms with E-state index in [0.29, 0.717) is 22.5 Å². The van der Waals surface area contributed by atoms with Crippen molar-refractivity contribution in [3.63, 3.8) is 0 Å². The van der Waals surface area contributed by atoms with Gasteiger partial charge >= 0.3 is 11.9 Å². The van der Waals surface area contributed by atoms with Gasteiger partial charge in [0.05, 0.1) is 0 Å². The lowest BCUT2D eigenvalue weighted by atomic mass is 10.1. The molecule has 0 heterocycles. The lowest BCUT2D eigenvalue weighted by molar-refractivity contribution is -0.132. The van der Waals surface area contributed by atoms with Crippen molar-refractivity contribution in [1.29, 1.82) is 0 Å². The Bertz CT molecular complexity index is 1490. The Kier molecular flexibility index (Phi) is 10.7. The van der Waals surface area contributed by atoms with E-state index in [-0.39, 0.29) is 11.6 Å². The van der Waals surface area contributed by atoms with Gasteiger partial charge in [-0.2, -0.15) is 0 Å². The van der Waals surface area contributed by atoms with Gasteiger partial charge in [-0.25, -0.2) is 9.59 Å². The Labute approximate surface area is 240 Å². The average molecular weight is 565 g/mol. The Morgan fingerprint density at radius 2 is 0.786 bits per heavy atom. The number of allylic oxidation sites excluding steroid dienone is 2. The highest BCUT2D eigenvalue weighted by Gasteiger charge is 2.05. The minimum Gasteiger partial charge on any atom is -0.478 e. The van der Waals surface area contributed by atoms with E-state index in [1.54, 1.807) is 36.4 Å². The van der Waals surface area contributed by atoms with Gasteiger partial charge in [-0.15, -0.1) is 0 Å². The van der Waals surface area contributed by atoms with Gasteiger partial charge in [-0.05, 0) is 71.8 Å². The minimum atomic E-state index is -1.24. The van der Waals surface area contributed by atoms with Crippen LogP contribution in [-0.2, 0) is 19.2 Å². The van der Waals surface area contributed by atoms with Gasteiger partial charge in [-0.3, -0.25) is 19.2 Å². The van der Waals surface area contributed by atoms with Gasteiger partial charge in [0.2, 0.25) is 11.8 Å². The average Bonchev–Trinajstić information content (AvgIpc) is 2.98. The second-order valence-corrected chi connectivity index (χ2v) is 8.54. The topological polar surface area (TPSA) is 167 Å². The lowest BCUT2D eigenvalue weighted by Gasteiger charge is -2.03. The molecule has 0 atom stereocenters. The quantitative estimate of drug-likeness (QED) is 0.182. The fourth-order valence-corrected chi connectivity index (χ4v) is 3.35. The standard InChI is InChI=1S/C32H24N2O8/c35-27(23-7-11-25(12-8-23)33-29(37)17-19-31(39)40)15-5-21-1-2-22(4-3-21)6-16-28(36)24-9-13-26(14-10-24)34-30(38)18-20-32(41)42/h1-20H,(H,33,37)(H,34,38)(H,39,40)(H,41,42)/b15-5-,16-6-,19-17-,20-18+. The first-order chi connectivity index (χ1) is 20.1. The summed E-state index contributed by atoms with van der Waals surface area (Å²) in [6.45, 7) is 0. The van der Waals surface area contributed by atoms with Gasteiger partial charge in [0.25, 0.3) is 0 Å². The van der Waals surface area contributed by atoms with E-state index in [2.05, 4.69) is 10.6 Å². The van der Waals surface area contributed by atoms with Crippen LogP contribution in [-0.4, -0.2) is 45.5 Å². The summed E-state index contributed by atoms with van der Waals surface area (Å²) in [5.74, 6) is -4.19. The molecular weight excluding hydrogens is 540 g/mol. The molecule has 3 rings (SSSR count). The molecule has 2 amide bonds. The SMILES string of the molecule is O=C(O)/C=C\C(=O)Nc1ccc(C(=O)/C=C\c2ccc(/C=C\C(=O)c3ccc(NC(=O)/C=C/C(=O)O)cc3)cc2)cc1. The van der Waals surface area contributed by atoms with Crippen molar-refractivity contribution in [3.8, 4) is 0 Å². The van der Waals surface area contributed by atoms with Crippen LogP contribution in [0.3, 0.4) is 0 Å². The van der Waals surface area contributed by atoms with Crippen molar-refractivity contribution in [3.05, 3.63) is 132 Å². The number of carboxylic acid groups (broad SMARTS) is 2. The zero-order valence-corrected chi connectivity index (χ0v) is 21.9. The third kappa shape index (κ3) is 10.2. The first-order valence-corrected chi connectivity index (χ1v) is 12.3. The number of aliphatic carboxylic acids is 2. The van der Waals surface area contributed by atoms with Crippen LogP contribution in [0, 0.1) is 0 Å². The first-order valence-electron chi connectivity index (χ1n) is 12.3. The van der Waals surface area contributed by atoms with E-state index in [0.717, 1.165) is 35.4 Å². The fourth-order valence-electron chi connectivity index (χ4n) is 3.35. The van der Waals surface area contributed by atoms with E-state index >= 15 is 0 Å². The largest absolute Gasteiger partial charge is 0.478 e. The molecule has 0 aliphatic carbocycles. The molecule has 3 aromatic carbocycles. The molecule has 10 heteroatoms. The zero-order valence-electron chi connectivity index (χ0n) is 21.9. The number of amides is 2. The van der Waals surface area contributed by atoms with Crippen molar-refractivity contribution in [1.82, 2.24) is 0 Å².